The van der Waals surface area contributed by atoms with Gasteiger partial charge in [-0.25, -0.2) is 4.79 Å². The van der Waals surface area contributed by atoms with E-state index in [1.54, 1.807) is 6.07 Å². The summed E-state index contributed by atoms with van der Waals surface area (Å²) in [6, 6.07) is 5.59. The van der Waals surface area contributed by atoms with Crippen LogP contribution in [0.3, 0.4) is 0 Å². The maximum absolute atomic E-state index is 10.9. The summed E-state index contributed by atoms with van der Waals surface area (Å²) in [4.78, 5) is 13.0. The molecule has 0 aliphatic heterocycles. The Morgan fingerprint density at radius 3 is 2.79 bits per heavy atom. The van der Waals surface area contributed by atoms with Gasteiger partial charge in [-0.1, -0.05) is 0 Å². The van der Waals surface area contributed by atoms with Crippen molar-refractivity contribution in [3.8, 4) is 0 Å². The maximum atomic E-state index is 10.9. The van der Waals surface area contributed by atoms with Crippen LogP contribution in [0.2, 0.25) is 0 Å². The van der Waals surface area contributed by atoms with Gasteiger partial charge in [-0.2, -0.15) is 0 Å². The van der Waals surface area contributed by atoms with Crippen LogP contribution < -0.4 is 0 Å². The van der Waals surface area contributed by atoms with E-state index >= 15 is 0 Å². The van der Waals surface area contributed by atoms with Gasteiger partial charge < -0.3 is 18.8 Å². The zero-order valence-electron chi connectivity index (χ0n) is 11.0. The fourth-order valence-electron chi connectivity index (χ4n) is 1.94. The molecular formula is C14H17NO4. The summed E-state index contributed by atoms with van der Waals surface area (Å²) in [5, 5.41) is 8.95. The zero-order valence-corrected chi connectivity index (χ0v) is 11.0. The van der Waals surface area contributed by atoms with E-state index in [1.807, 2.05) is 31.0 Å². The molecule has 5 heteroatoms. The number of nitrogens with zero attached hydrogens (tertiary/aromatic N) is 1. The molecule has 2 rings (SSSR count). The highest BCUT2D eigenvalue weighted by molar-refractivity contribution is 5.86. The molecule has 0 saturated carbocycles. The molecule has 0 spiro atoms. The standard InChI is InChI=1S/C14H17NO4/c1-10-3-4-12(19-10)5-7-15(2)9-11-6-8-18-13(11)14(16)17/h3-4,6,8H,5,7,9H2,1-2H3,(H,16,17). The fraction of sp³-hybridized carbons (Fsp3) is 0.357. The van der Waals surface area contributed by atoms with Crippen LogP contribution in [0, 0.1) is 6.92 Å². The molecule has 0 aromatic carbocycles. The lowest BCUT2D eigenvalue weighted by Gasteiger charge is -2.15. The highest BCUT2D eigenvalue weighted by atomic mass is 16.4. The first-order chi connectivity index (χ1) is 9.06. The first-order valence-corrected chi connectivity index (χ1v) is 6.10. The number of aromatic carboxylic acids is 1. The molecule has 0 amide bonds. The van der Waals surface area contributed by atoms with E-state index in [2.05, 4.69) is 0 Å². The number of hydrogen-bond donors (Lipinski definition) is 1. The topological polar surface area (TPSA) is 66.8 Å². The second kappa shape index (κ2) is 5.75. The summed E-state index contributed by atoms with van der Waals surface area (Å²) in [6.07, 6.45) is 2.20. The number of rotatable bonds is 6. The van der Waals surface area contributed by atoms with Gasteiger partial charge in [-0.05, 0) is 32.2 Å². The molecule has 19 heavy (non-hydrogen) atoms. The Bertz CT molecular complexity index is 555. The van der Waals surface area contributed by atoms with Crippen LogP contribution in [0.15, 0.2) is 33.3 Å². The van der Waals surface area contributed by atoms with E-state index in [-0.39, 0.29) is 5.76 Å². The first kappa shape index (κ1) is 13.4. The van der Waals surface area contributed by atoms with E-state index in [9.17, 15) is 4.79 Å². The third-order valence-corrected chi connectivity index (χ3v) is 2.92. The summed E-state index contributed by atoms with van der Waals surface area (Å²) in [5.74, 6) is 0.825. The van der Waals surface area contributed by atoms with Crippen molar-refractivity contribution < 1.29 is 18.7 Å². The molecule has 0 unspecified atom stereocenters. The predicted octanol–water partition coefficient (Wildman–Crippen LogP) is 2.55. The normalized spacial score (nSPS) is 11.1. The molecule has 5 nitrogen and oxygen atoms in total. The lowest BCUT2D eigenvalue weighted by atomic mass is 10.2. The minimum absolute atomic E-state index is 0.0145. The number of carbonyl (C=O) groups is 1. The molecule has 2 aromatic heterocycles. The summed E-state index contributed by atoms with van der Waals surface area (Å²) in [5.41, 5.74) is 0.686. The van der Waals surface area contributed by atoms with Gasteiger partial charge in [0, 0.05) is 25.1 Å². The number of furan rings is 2. The summed E-state index contributed by atoms with van der Waals surface area (Å²) in [7, 11) is 1.94. The van der Waals surface area contributed by atoms with Crippen molar-refractivity contribution in [2.45, 2.75) is 19.9 Å². The summed E-state index contributed by atoms with van der Waals surface area (Å²) >= 11 is 0. The minimum Gasteiger partial charge on any atom is -0.475 e. The van der Waals surface area contributed by atoms with Crippen molar-refractivity contribution in [2.24, 2.45) is 0 Å². The molecule has 0 fully saturated rings. The van der Waals surface area contributed by atoms with Crippen molar-refractivity contribution in [1.29, 1.82) is 0 Å². The van der Waals surface area contributed by atoms with Gasteiger partial charge in [0.25, 0.3) is 0 Å². The van der Waals surface area contributed by atoms with Crippen LogP contribution in [0.1, 0.15) is 27.6 Å². The average Bonchev–Trinajstić information content (AvgIpc) is 2.95. The van der Waals surface area contributed by atoms with E-state index in [1.165, 1.54) is 6.26 Å². The van der Waals surface area contributed by atoms with Gasteiger partial charge in [0.2, 0.25) is 5.76 Å². The first-order valence-electron chi connectivity index (χ1n) is 6.10. The molecule has 0 bridgehead atoms. The third kappa shape index (κ3) is 3.48. The van der Waals surface area contributed by atoms with Crippen LogP contribution in [0.5, 0.6) is 0 Å². The number of hydrogen-bond acceptors (Lipinski definition) is 4. The smallest absolute Gasteiger partial charge is 0.372 e. The molecule has 2 aromatic rings. The maximum Gasteiger partial charge on any atom is 0.372 e. The molecule has 0 saturated heterocycles. The predicted molar refractivity (Wildman–Crippen MR) is 69.2 cm³/mol. The fourth-order valence-corrected chi connectivity index (χ4v) is 1.94. The SMILES string of the molecule is Cc1ccc(CCN(C)Cc2ccoc2C(=O)O)o1. The number of carboxylic acid groups (broad SMARTS) is 1. The highest BCUT2D eigenvalue weighted by Crippen LogP contribution is 2.13. The summed E-state index contributed by atoms with van der Waals surface area (Å²) in [6.45, 7) is 3.24. The minimum atomic E-state index is -1.03. The molecule has 102 valence electrons. The van der Waals surface area contributed by atoms with Crippen molar-refractivity contribution in [1.82, 2.24) is 4.90 Å². The molecule has 0 aliphatic carbocycles. The quantitative estimate of drug-likeness (QED) is 0.867. The van der Waals surface area contributed by atoms with Crippen molar-refractivity contribution in [2.75, 3.05) is 13.6 Å². The lowest BCUT2D eigenvalue weighted by molar-refractivity contribution is 0.0659. The van der Waals surface area contributed by atoms with Gasteiger partial charge in [-0.15, -0.1) is 0 Å². The Hall–Kier alpha value is -2.01. The van der Waals surface area contributed by atoms with Crippen LogP contribution >= 0.6 is 0 Å². The van der Waals surface area contributed by atoms with Crippen LogP contribution in [0.25, 0.3) is 0 Å². The molecule has 1 N–H and O–H groups in total. The van der Waals surface area contributed by atoms with Gasteiger partial charge in [0.05, 0.1) is 6.26 Å². The molecule has 0 atom stereocenters. The van der Waals surface area contributed by atoms with Gasteiger partial charge in [-0.3, -0.25) is 0 Å². The third-order valence-electron chi connectivity index (χ3n) is 2.92. The second-order valence-electron chi connectivity index (χ2n) is 4.58. The van der Waals surface area contributed by atoms with E-state index in [0.29, 0.717) is 12.1 Å². The number of carboxylic acids is 1. The number of aryl methyl sites for hydroxylation is 1. The van der Waals surface area contributed by atoms with Crippen LogP contribution in [0.4, 0.5) is 0 Å². The Morgan fingerprint density at radius 2 is 2.16 bits per heavy atom. The van der Waals surface area contributed by atoms with Crippen molar-refractivity contribution in [3.63, 3.8) is 0 Å². The van der Waals surface area contributed by atoms with E-state index in [4.69, 9.17) is 13.9 Å². The zero-order chi connectivity index (χ0) is 13.8. The van der Waals surface area contributed by atoms with Crippen molar-refractivity contribution >= 4 is 5.97 Å². The Balaban J connectivity index is 1.88. The average molecular weight is 263 g/mol. The Kier molecular flexibility index (Phi) is 4.06. The van der Waals surface area contributed by atoms with Crippen LogP contribution in [-0.2, 0) is 13.0 Å². The lowest BCUT2D eigenvalue weighted by Crippen LogP contribution is -2.21. The van der Waals surface area contributed by atoms with E-state index < -0.39 is 5.97 Å². The largest absolute Gasteiger partial charge is 0.475 e. The number of likely N-dealkylation sites (N-methyl/N-ethyl adjacent to an activating group) is 1. The molecule has 2 heterocycles. The second-order valence-corrected chi connectivity index (χ2v) is 4.58. The molecule has 0 aliphatic rings. The van der Waals surface area contributed by atoms with Gasteiger partial charge in [0.1, 0.15) is 11.5 Å². The monoisotopic (exact) mass is 263 g/mol. The molecular weight excluding hydrogens is 246 g/mol. The summed E-state index contributed by atoms with van der Waals surface area (Å²) < 4.78 is 10.4. The Morgan fingerprint density at radius 1 is 1.37 bits per heavy atom. The van der Waals surface area contributed by atoms with Crippen LogP contribution in [-0.4, -0.2) is 29.6 Å². The van der Waals surface area contributed by atoms with Gasteiger partial charge in [0.15, 0.2) is 0 Å². The Labute approximate surface area is 111 Å². The van der Waals surface area contributed by atoms with Crippen molar-refractivity contribution in [3.05, 3.63) is 47.3 Å². The highest BCUT2D eigenvalue weighted by Gasteiger charge is 2.15. The van der Waals surface area contributed by atoms with Gasteiger partial charge >= 0.3 is 5.97 Å². The van der Waals surface area contributed by atoms with E-state index in [0.717, 1.165) is 24.5 Å². The molecule has 0 radical (unpaired) electrons.